The summed E-state index contributed by atoms with van der Waals surface area (Å²) in [7, 11) is 1.73. The number of hydrogen-bond acceptors (Lipinski definition) is 4. The minimum absolute atomic E-state index is 0.0696. The number of carbonyl (C=O) groups is 1. The van der Waals surface area contributed by atoms with E-state index in [2.05, 4.69) is 32.9 Å². The van der Waals surface area contributed by atoms with Gasteiger partial charge in [-0.15, -0.1) is 11.3 Å². The largest absolute Gasteiger partial charge is 0.356 e. The van der Waals surface area contributed by atoms with Crippen molar-refractivity contribution in [3.05, 3.63) is 51.5 Å². The number of rotatable bonds is 7. The molecule has 0 radical (unpaired) electrons. The van der Waals surface area contributed by atoms with Crippen molar-refractivity contribution in [2.45, 2.75) is 20.3 Å². The fourth-order valence-corrected chi connectivity index (χ4v) is 3.14. The average molecular weight is 359 g/mol. The van der Waals surface area contributed by atoms with Crippen molar-refractivity contribution in [2.24, 2.45) is 4.99 Å². The van der Waals surface area contributed by atoms with Crippen LogP contribution < -0.4 is 16.0 Å². The van der Waals surface area contributed by atoms with Gasteiger partial charge in [-0.25, -0.2) is 4.98 Å². The molecule has 3 N–H and O–H groups in total. The van der Waals surface area contributed by atoms with Crippen LogP contribution in [0.25, 0.3) is 0 Å². The Hall–Kier alpha value is -2.41. The first kappa shape index (κ1) is 18.9. The highest BCUT2D eigenvalue weighted by Crippen LogP contribution is 2.16. The Morgan fingerprint density at radius 3 is 2.40 bits per heavy atom. The quantitative estimate of drug-likeness (QED) is 0.401. The third kappa shape index (κ3) is 6.19. The van der Waals surface area contributed by atoms with Crippen LogP contribution in [0.1, 0.15) is 25.9 Å². The second kappa shape index (κ2) is 9.78. The molecule has 1 aromatic heterocycles. The number of hydrogen-bond donors (Lipinski definition) is 3. The number of carbonyl (C=O) groups excluding carboxylic acids is 1. The van der Waals surface area contributed by atoms with Gasteiger partial charge in [0.15, 0.2) is 5.96 Å². The summed E-state index contributed by atoms with van der Waals surface area (Å²) < 4.78 is 0. The lowest BCUT2D eigenvalue weighted by Gasteiger charge is -2.12. The number of aliphatic imine (C=N–C) groups is 1. The molecular formula is C18H25N5OS. The summed E-state index contributed by atoms with van der Waals surface area (Å²) in [6, 6.07) is 9.19. The Balaban J connectivity index is 1.64. The molecule has 0 aliphatic heterocycles. The zero-order valence-electron chi connectivity index (χ0n) is 14.9. The molecule has 1 heterocycles. The van der Waals surface area contributed by atoms with Crippen LogP contribution in [0.2, 0.25) is 0 Å². The summed E-state index contributed by atoms with van der Waals surface area (Å²) in [5.74, 6) is 0.652. The number of nitrogens with one attached hydrogen (secondary N) is 3. The van der Waals surface area contributed by atoms with E-state index in [-0.39, 0.29) is 5.91 Å². The molecule has 25 heavy (non-hydrogen) atoms. The van der Waals surface area contributed by atoms with E-state index in [1.54, 1.807) is 30.5 Å². The smallest absolute Gasteiger partial charge is 0.251 e. The highest BCUT2D eigenvalue weighted by Gasteiger charge is 2.05. The van der Waals surface area contributed by atoms with Crippen LogP contribution in [0, 0.1) is 13.8 Å². The van der Waals surface area contributed by atoms with Gasteiger partial charge in [0.2, 0.25) is 0 Å². The predicted octanol–water partition coefficient (Wildman–Crippen LogP) is 1.90. The third-order valence-electron chi connectivity index (χ3n) is 3.67. The van der Waals surface area contributed by atoms with Crippen molar-refractivity contribution >= 4 is 23.2 Å². The number of aryl methyl sites for hydroxylation is 2. The summed E-state index contributed by atoms with van der Waals surface area (Å²) in [4.78, 5) is 21.9. The molecule has 6 nitrogen and oxygen atoms in total. The number of nitrogens with zero attached hydrogens (tertiary/aromatic N) is 2. The molecule has 7 heteroatoms. The molecule has 1 aromatic carbocycles. The van der Waals surface area contributed by atoms with E-state index >= 15 is 0 Å². The zero-order chi connectivity index (χ0) is 18.1. The Morgan fingerprint density at radius 1 is 1.08 bits per heavy atom. The van der Waals surface area contributed by atoms with Crippen molar-refractivity contribution in [2.75, 3.05) is 26.7 Å². The summed E-state index contributed by atoms with van der Waals surface area (Å²) >= 11 is 1.74. The van der Waals surface area contributed by atoms with Gasteiger partial charge in [-0.2, -0.15) is 0 Å². The molecular weight excluding hydrogens is 334 g/mol. The molecule has 0 atom stereocenters. The van der Waals surface area contributed by atoms with Gasteiger partial charge in [-0.3, -0.25) is 9.79 Å². The van der Waals surface area contributed by atoms with Crippen LogP contribution in [-0.2, 0) is 6.42 Å². The topological polar surface area (TPSA) is 78.4 Å². The van der Waals surface area contributed by atoms with Gasteiger partial charge in [-0.1, -0.05) is 18.2 Å². The maximum absolute atomic E-state index is 11.9. The Bertz CT molecular complexity index is 692. The second-order valence-corrected chi connectivity index (χ2v) is 6.83. The SMILES string of the molecule is CN=C(NCCNC(=O)c1ccccc1)NCCc1nc(C)c(C)s1. The highest BCUT2D eigenvalue weighted by molar-refractivity contribution is 7.11. The Morgan fingerprint density at radius 2 is 1.76 bits per heavy atom. The normalized spacial score (nSPS) is 11.2. The van der Waals surface area contributed by atoms with E-state index < -0.39 is 0 Å². The monoisotopic (exact) mass is 359 g/mol. The highest BCUT2D eigenvalue weighted by atomic mass is 32.1. The molecule has 0 spiro atoms. The molecule has 0 bridgehead atoms. The van der Waals surface area contributed by atoms with Crippen molar-refractivity contribution in [1.29, 1.82) is 0 Å². The lowest BCUT2D eigenvalue weighted by molar-refractivity contribution is 0.0954. The van der Waals surface area contributed by atoms with E-state index in [1.165, 1.54) is 4.88 Å². The van der Waals surface area contributed by atoms with Crippen molar-refractivity contribution in [1.82, 2.24) is 20.9 Å². The molecule has 0 aliphatic rings. The number of thiazole rings is 1. The third-order valence-corrected chi connectivity index (χ3v) is 4.80. The molecule has 134 valence electrons. The van der Waals surface area contributed by atoms with Crippen molar-refractivity contribution < 1.29 is 4.79 Å². The summed E-state index contributed by atoms with van der Waals surface area (Å²) in [5.41, 5.74) is 1.77. The molecule has 0 unspecified atom stereocenters. The molecule has 0 fully saturated rings. The van der Waals surface area contributed by atoms with E-state index in [0.717, 1.165) is 29.6 Å². The molecule has 0 saturated carbocycles. The Kier molecular flexibility index (Phi) is 7.40. The number of amides is 1. The minimum Gasteiger partial charge on any atom is -0.356 e. The molecule has 2 rings (SSSR count). The minimum atomic E-state index is -0.0696. The van der Waals surface area contributed by atoms with Gasteiger partial charge in [0.1, 0.15) is 0 Å². The first-order valence-corrected chi connectivity index (χ1v) is 9.12. The second-order valence-electron chi connectivity index (χ2n) is 5.55. The Labute approximate surface area is 152 Å². The summed E-state index contributed by atoms with van der Waals surface area (Å²) in [6.07, 6.45) is 0.866. The first-order chi connectivity index (χ1) is 12.1. The maximum atomic E-state index is 11.9. The fraction of sp³-hybridized carbons (Fsp3) is 0.389. The van der Waals surface area contributed by atoms with Gasteiger partial charge < -0.3 is 16.0 Å². The van der Waals surface area contributed by atoms with Crippen LogP contribution in [0.3, 0.4) is 0 Å². The van der Waals surface area contributed by atoms with Gasteiger partial charge in [0, 0.05) is 43.5 Å². The van der Waals surface area contributed by atoms with E-state index in [4.69, 9.17) is 0 Å². The fourth-order valence-electron chi connectivity index (χ4n) is 2.20. The van der Waals surface area contributed by atoms with Crippen LogP contribution in [0.15, 0.2) is 35.3 Å². The average Bonchev–Trinajstić information content (AvgIpc) is 2.95. The first-order valence-electron chi connectivity index (χ1n) is 8.31. The summed E-state index contributed by atoms with van der Waals surface area (Å²) in [6.45, 7) is 6.02. The molecule has 2 aromatic rings. The van der Waals surface area contributed by atoms with Crippen LogP contribution in [0.5, 0.6) is 0 Å². The van der Waals surface area contributed by atoms with Crippen LogP contribution in [0.4, 0.5) is 0 Å². The predicted molar refractivity (Wildman–Crippen MR) is 103 cm³/mol. The van der Waals surface area contributed by atoms with Crippen molar-refractivity contribution in [3.8, 4) is 0 Å². The van der Waals surface area contributed by atoms with E-state index in [9.17, 15) is 4.79 Å². The van der Waals surface area contributed by atoms with Gasteiger partial charge in [0.05, 0.1) is 10.7 Å². The number of benzene rings is 1. The van der Waals surface area contributed by atoms with Crippen LogP contribution >= 0.6 is 11.3 Å². The van der Waals surface area contributed by atoms with Gasteiger partial charge in [-0.05, 0) is 26.0 Å². The lowest BCUT2D eigenvalue weighted by Crippen LogP contribution is -2.42. The molecule has 1 amide bonds. The zero-order valence-corrected chi connectivity index (χ0v) is 15.7. The van der Waals surface area contributed by atoms with Crippen LogP contribution in [-0.4, -0.2) is 43.5 Å². The van der Waals surface area contributed by atoms with Gasteiger partial charge >= 0.3 is 0 Å². The van der Waals surface area contributed by atoms with E-state index in [0.29, 0.717) is 18.7 Å². The number of guanidine groups is 1. The van der Waals surface area contributed by atoms with E-state index in [1.807, 2.05) is 25.1 Å². The van der Waals surface area contributed by atoms with Gasteiger partial charge in [0.25, 0.3) is 5.91 Å². The number of aromatic nitrogens is 1. The maximum Gasteiger partial charge on any atom is 0.251 e. The molecule has 0 saturated heterocycles. The lowest BCUT2D eigenvalue weighted by atomic mass is 10.2. The van der Waals surface area contributed by atoms with Crippen molar-refractivity contribution in [3.63, 3.8) is 0 Å². The molecule has 0 aliphatic carbocycles. The standard InChI is InChI=1S/C18H25N5OS/c1-13-14(2)25-16(23-13)9-10-21-18(19-3)22-12-11-20-17(24)15-7-5-4-6-8-15/h4-8H,9-12H2,1-3H3,(H,20,24)(H2,19,21,22). The summed E-state index contributed by atoms with van der Waals surface area (Å²) in [5, 5.41) is 10.5.